The number of aromatic nitrogens is 1. The maximum atomic E-state index is 12.6. The molecule has 3 aromatic rings. The molecule has 1 aromatic heterocycles. The van der Waals surface area contributed by atoms with Gasteiger partial charge in [0.25, 0.3) is 0 Å². The van der Waals surface area contributed by atoms with Crippen LogP contribution in [0.3, 0.4) is 0 Å². The molecule has 0 amide bonds. The summed E-state index contributed by atoms with van der Waals surface area (Å²) in [5, 5.41) is 0.886. The highest BCUT2D eigenvalue weighted by molar-refractivity contribution is 6.76. The molecule has 5 heteroatoms. The Morgan fingerprint density at radius 1 is 1.00 bits per heavy atom. The van der Waals surface area contributed by atoms with Crippen molar-refractivity contribution in [2.24, 2.45) is 0 Å². The summed E-state index contributed by atoms with van der Waals surface area (Å²) in [6.07, 6.45) is 0. The summed E-state index contributed by atoms with van der Waals surface area (Å²) in [7, 11) is 0.271. The van der Waals surface area contributed by atoms with Gasteiger partial charge in [-0.15, -0.1) is 0 Å². The lowest BCUT2D eigenvalue weighted by Crippen LogP contribution is -2.22. The summed E-state index contributed by atoms with van der Waals surface area (Å²) in [6.45, 7) is 8.15. The van der Waals surface area contributed by atoms with Crippen molar-refractivity contribution in [3.63, 3.8) is 0 Å². The van der Waals surface area contributed by atoms with Gasteiger partial charge in [0.05, 0.1) is 23.9 Å². The summed E-state index contributed by atoms with van der Waals surface area (Å²) in [5.41, 5.74) is 3.39. The standard InChI is InChI=1S/C22H27NO3Si/c1-25-22(24)20-18-12-8-9-13-19(18)23(16-26-14-15-27(2,3)4)21(20)17-10-6-5-7-11-17/h5-13H,14-16H2,1-4H3. The van der Waals surface area contributed by atoms with Crippen molar-refractivity contribution < 1.29 is 14.3 Å². The number of esters is 1. The molecule has 0 fully saturated rings. The van der Waals surface area contributed by atoms with Gasteiger partial charge in [0.1, 0.15) is 6.73 Å². The predicted octanol–water partition coefficient (Wildman–Crippen LogP) is 5.41. The fourth-order valence-electron chi connectivity index (χ4n) is 3.18. The monoisotopic (exact) mass is 381 g/mol. The molecule has 0 aliphatic carbocycles. The lowest BCUT2D eigenvalue weighted by molar-refractivity contribution is 0.0602. The van der Waals surface area contributed by atoms with E-state index in [4.69, 9.17) is 9.47 Å². The molecule has 3 rings (SSSR count). The van der Waals surface area contributed by atoms with Gasteiger partial charge in [-0.05, 0) is 17.7 Å². The Bertz CT molecular complexity index is 926. The number of carbonyl (C=O) groups excluding carboxylic acids is 1. The number of hydrogen-bond donors (Lipinski definition) is 0. The summed E-state index contributed by atoms with van der Waals surface area (Å²) in [4.78, 5) is 12.6. The average Bonchev–Trinajstić information content (AvgIpc) is 2.99. The molecule has 0 aliphatic rings. The summed E-state index contributed by atoms with van der Waals surface area (Å²) in [5.74, 6) is -0.328. The summed E-state index contributed by atoms with van der Waals surface area (Å²) in [6, 6.07) is 19.0. The van der Waals surface area contributed by atoms with Crippen LogP contribution in [0.2, 0.25) is 25.7 Å². The number of fused-ring (bicyclic) bond motifs is 1. The average molecular weight is 382 g/mol. The van der Waals surface area contributed by atoms with E-state index in [1.54, 1.807) is 0 Å². The van der Waals surface area contributed by atoms with Crippen LogP contribution in [0.1, 0.15) is 10.4 Å². The van der Waals surface area contributed by atoms with Crippen LogP contribution in [0, 0.1) is 0 Å². The molecule has 2 aromatic carbocycles. The first-order valence-electron chi connectivity index (χ1n) is 9.25. The molecule has 142 valence electrons. The van der Waals surface area contributed by atoms with Crippen molar-refractivity contribution in [1.29, 1.82) is 0 Å². The fourth-order valence-corrected chi connectivity index (χ4v) is 3.93. The minimum atomic E-state index is -1.15. The molecule has 27 heavy (non-hydrogen) atoms. The van der Waals surface area contributed by atoms with Gasteiger partial charge in [-0.1, -0.05) is 68.2 Å². The minimum absolute atomic E-state index is 0.328. The van der Waals surface area contributed by atoms with Gasteiger partial charge >= 0.3 is 5.97 Å². The third-order valence-electron chi connectivity index (χ3n) is 4.62. The first kappa shape index (κ1) is 19.4. The molecule has 0 aliphatic heterocycles. The Kier molecular flexibility index (Phi) is 5.82. The van der Waals surface area contributed by atoms with E-state index in [1.807, 2.05) is 54.6 Å². The van der Waals surface area contributed by atoms with Gasteiger partial charge in [-0.2, -0.15) is 0 Å². The smallest absolute Gasteiger partial charge is 0.340 e. The third-order valence-corrected chi connectivity index (χ3v) is 6.33. The molecule has 0 atom stereocenters. The molecule has 0 bridgehead atoms. The van der Waals surface area contributed by atoms with E-state index in [9.17, 15) is 4.79 Å². The number of carbonyl (C=O) groups is 1. The highest BCUT2D eigenvalue weighted by atomic mass is 28.3. The first-order valence-corrected chi connectivity index (χ1v) is 13.0. The lowest BCUT2D eigenvalue weighted by Gasteiger charge is -2.17. The van der Waals surface area contributed by atoms with Crippen LogP contribution < -0.4 is 0 Å². The Balaban J connectivity index is 2.09. The number of benzene rings is 2. The topological polar surface area (TPSA) is 40.5 Å². The van der Waals surface area contributed by atoms with Gasteiger partial charge in [0.2, 0.25) is 0 Å². The van der Waals surface area contributed by atoms with Gasteiger partial charge < -0.3 is 14.0 Å². The zero-order chi connectivity index (χ0) is 19.4. The number of hydrogen-bond acceptors (Lipinski definition) is 3. The zero-order valence-corrected chi connectivity index (χ0v) is 17.5. The predicted molar refractivity (Wildman–Crippen MR) is 113 cm³/mol. The minimum Gasteiger partial charge on any atom is -0.465 e. The Labute approximate surface area is 161 Å². The largest absolute Gasteiger partial charge is 0.465 e. The second-order valence-corrected chi connectivity index (χ2v) is 13.5. The van der Waals surface area contributed by atoms with Crippen LogP contribution in [0.5, 0.6) is 0 Å². The molecule has 1 heterocycles. The first-order chi connectivity index (χ1) is 12.9. The molecule has 0 spiro atoms. The van der Waals surface area contributed by atoms with Crippen molar-refractivity contribution in [3.8, 4) is 11.3 Å². The van der Waals surface area contributed by atoms with E-state index in [0.717, 1.165) is 34.8 Å². The van der Waals surface area contributed by atoms with E-state index in [-0.39, 0.29) is 5.97 Å². The Morgan fingerprint density at radius 2 is 1.67 bits per heavy atom. The molecule has 0 saturated carbocycles. The van der Waals surface area contributed by atoms with Gasteiger partial charge in [-0.25, -0.2) is 4.79 Å². The molecular formula is C22H27NO3Si. The second kappa shape index (κ2) is 8.11. The molecular weight excluding hydrogens is 354 g/mol. The third kappa shape index (κ3) is 4.31. The van der Waals surface area contributed by atoms with E-state index >= 15 is 0 Å². The molecule has 0 unspecified atom stereocenters. The number of ether oxygens (including phenoxy) is 2. The van der Waals surface area contributed by atoms with Crippen molar-refractivity contribution in [3.05, 3.63) is 60.2 Å². The van der Waals surface area contributed by atoms with Gasteiger partial charge in [0.15, 0.2) is 0 Å². The van der Waals surface area contributed by atoms with Crippen molar-refractivity contribution in [2.45, 2.75) is 32.4 Å². The number of nitrogens with zero attached hydrogens (tertiary/aromatic N) is 1. The highest BCUT2D eigenvalue weighted by Crippen LogP contribution is 2.34. The van der Waals surface area contributed by atoms with Gasteiger partial charge in [-0.3, -0.25) is 0 Å². The number of rotatable bonds is 7. The normalized spacial score (nSPS) is 11.7. The van der Waals surface area contributed by atoms with Crippen molar-refractivity contribution >= 4 is 24.9 Å². The molecule has 0 radical (unpaired) electrons. The van der Waals surface area contributed by atoms with E-state index in [0.29, 0.717) is 12.3 Å². The second-order valence-electron chi connectivity index (χ2n) is 7.87. The number of methoxy groups -OCH3 is 1. The van der Waals surface area contributed by atoms with Crippen LogP contribution in [0.15, 0.2) is 54.6 Å². The van der Waals surface area contributed by atoms with Crippen LogP contribution in [-0.4, -0.2) is 32.3 Å². The van der Waals surface area contributed by atoms with E-state index in [1.165, 1.54) is 7.11 Å². The van der Waals surface area contributed by atoms with Crippen molar-refractivity contribution in [1.82, 2.24) is 4.57 Å². The fraction of sp³-hybridized carbons (Fsp3) is 0.318. The Morgan fingerprint density at radius 3 is 2.33 bits per heavy atom. The summed E-state index contributed by atoms with van der Waals surface area (Å²) >= 11 is 0. The van der Waals surface area contributed by atoms with Crippen LogP contribution in [-0.2, 0) is 16.2 Å². The maximum Gasteiger partial charge on any atom is 0.340 e. The highest BCUT2D eigenvalue weighted by Gasteiger charge is 2.24. The van der Waals surface area contributed by atoms with Crippen LogP contribution in [0.4, 0.5) is 0 Å². The van der Waals surface area contributed by atoms with Crippen LogP contribution in [0.25, 0.3) is 22.2 Å². The quantitative estimate of drug-likeness (QED) is 0.312. The van der Waals surface area contributed by atoms with Crippen LogP contribution >= 0.6 is 0 Å². The molecule has 4 nitrogen and oxygen atoms in total. The number of para-hydroxylation sites is 1. The SMILES string of the molecule is COC(=O)c1c(-c2ccccc2)n(COCC[Si](C)(C)C)c2ccccc12. The van der Waals surface area contributed by atoms with Gasteiger partial charge in [0, 0.05) is 20.1 Å². The van der Waals surface area contributed by atoms with E-state index in [2.05, 4.69) is 24.2 Å². The van der Waals surface area contributed by atoms with E-state index < -0.39 is 8.07 Å². The van der Waals surface area contributed by atoms with Crippen molar-refractivity contribution in [2.75, 3.05) is 13.7 Å². The summed E-state index contributed by atoms with van der Waals surface area (Å²) < 4.78 is 13.2. The lowest BCUT2D eigenvalue weighted by atomic mass is 10.1. The molecule has 0 N–H and O–H groups in total. The Hall–Kier alpha value is -2.37. The maximum absolute atomic E-state index is 12.6. The molecule has 0 saturated heterocycles. The zero-order valence-electron chi connectivity index (χ0n) is 16.5.